The minimum absolute atomic E-state index is 0.0975. The van der Waals surface area contributed by atoms with Crippen LogP contribution in [0.1, 0.15) is 21.6 Å². The van der Waals surface area contributed by atoms with Crippen LogP contribution in [-0.2, 0) is 11.2 Å². The fourth-order valence-electron chi connectivity index (χ4n) is 2.93. The maximum absolute atomic E-state index is 14.7. The van der Waals surface area contributed by atoms with E-state index in [4.69, 9.17) is 10.5 Å². The average Bonchev–Trinajstić information content (AvgIpc) is 2.72. The molecule has 0 atom stereocenters. The Morgan fingerprint density at radius 1 is 1.13 bits per heavy atom. The summed E-state index contributed by atoms with van der Waals surface area (Å²) in [6, 6.07) is 7.96. The van der Waals surface area contributed by atoms with Crippen molar-refractivity contribution in [1.82, 2.24) is 9.97 Å². The molecule has 1 aromatic carbocycles. The van der Waals surface area contributed by atoms with Crippen molar-refractivity contribution in [2.45, 2.75) is 11.3 Å². The number of ether oxygens (including phenoxy) is 1. The highest BCUT2D eigenvalue weighted by Gasteiger charge is 2.18. The highest BCUT2D eigenvalue weighted by Crippen LogP contribution is 2.46. The van der Waals surface area contributed by atoms with E-state index < -0.39 is 27.6 Å². The third-order valence-corrected chi connectivity index (χ3v) is 6.32. The van der Waals surface area contributed by atoms with Crippen molar-refractivity contribution in [2.75, 3.05) is 36.9 Å². The largest absolute Gasteiger partial charge is 0.465 e. The smallest absolute Gasteiger partial charge is 0.340 e. The summed E-state index contributed by atoms with van der Waals surface area (Å²) >= 11 is 0. The monoisotopic (exact) mass is 446 g/mol. The van der Waals surface area contributed by atoms with E-state index in [1.54, 1.807) is 6.07 Å². The maximum Gasteiger partial charge on any atom is 0.340 e. The average molecular weight is 447 g/mol. The first-order chi connectivity index (χ1) is 14.6. The summed E-state index contributed by atoms with van der Waals surface area (Å²) < 4.78 is 33.7. The number of hydrogen-bond donors (Lipinski definition) is 2. The van der Waals surface area contributed by atoms with Crippen LogP contribution in [0.3, 0.4) is 0 Å². The Morgan fingerprint density at radius 3 is 2.52 bits per heavy atom. The lowest BCUT2D eigenvalue weighted by Gasteiger charge is -2.26. The Labute approximate surface area is 181 Å². The second-order valence-corrected chi connectivity index (χ2v) is 11.8. The van der Waals surface area contributed by atoms with Gasteiger partial charge in [0.05, 0.1) is 30.2 Å². The van der Waals surface area contributed by atoms with E-state index in [2.05, 4.69) is 34.1 Å². The van der Waals surface area contributed by atoms with Crippen molar-refractivity contribution < 1.29 is 18.3 Å². The number of hydrogen-bond acceptors (Lipinski definition) is 6. The summed E-state index contributed by atoms with van der Waals surface area (Å²) in [7, 11) is 0.166. The Morgan fingerprint density at radius 2 is 1.87 bits per heavy atom. The van der Waals surface area contributed by atoms with Gasteiger partial charge in [-0.05, 0) is 59.6 Å². The zero-order valence-corrected chi connectivity index (χ0v) is 18.5. The maximum atomic E-state index is 14.7. The molecule has 0 aliphatic rings. The van der Waals surface area contributed by atoms with E-state index in [0.717, 1.165) is 4.90 Å². The van der Waals surface area contributed by atoms with E-state index in [0.29, 0.717) is 11.3 Å². The van der Waals surface area contributed by atoms with Gasteiger partial charge in [0.2, 0.25) is 0 Å². The van der Waals surface area contributed by atoms with Gasteiger partial charge < -0.3 is 15.8 Å². The SMILES string of the molecule is COC(=O)c1cc(Cc2ccnc(N)c2F)ncc1Nc1ccc(S(C)(C)C)cc1F. The summed E-state index contributed by atoms with van der Waals surface area (Å²) in [5.41, 5.74) is 6.86. The summed E-state index contributed by atoms with van der Waals surface area (Å²) in [5.74, 6) is -1.90. The number of aromatic nitrogens is 2. The zero-order valence-electron chi connectivity index (χ0n) is 17.7. The van der Waals surface area contributed by atoms with Gasteiger partial charge in [-0.3, -0.25) is 4.98 Å². The number of methoxy groups -OCH3 is 1. The van der Waals surface area contributed by atoms with Crippen molar-refractivity contribution in [3.8, 4) is 0 Å². The van der Waals surface area contributed by atoms with Gasteiger partial charge in [-0.2, -0.15) is 0 Å². The molecule has 0 unspecified atom stereocenters. The molecule has 3 rings (SSSR count). The van der Waals surface area contributed by atoms with Crippen molar-refractivity contribution in [2.24, 2.45) is 0 Å². The van der Waals surface area contributed by atoms with Gasteiger partial charge in [0, 0.05) is 18.3 Å². The number of esters is 1. The third kappa shape index (κ3) is 5.11. The fourth-order valence-corrected chi connectivity index (χ4v) is 3.86. The molecule has 0 bridgehead atoms. The Kier molecular flexibility index (Phi) is 6.45. The van der Waals surface area contributed by atoms with Crippen molar-refractivity contribution in [3.63, 3.8) is 0 Å². The van der Waals surface area contributed by atoms with Crippen LogP contribution in [0.2, 0.25) is 0 Å². The number of nitrogen functional groups attached to an aromatic ring is 1. The Bertz CT molecular complexity index is 1130. The number of anilines is 3. The Balaban J connectivity index is 1.94. The summed E-state index contributed by atoms with van der Waals surface area (Å²) in [6.45, 7) is 0. The molecule has 0 amide bonds. The highest BCUT2D eigenvalue weighted by molar-refractivity contribution is 8.32. The number of carbonyl (C=O) groups is 1. The van der Waals surface area contributed by atoms with Gasteiger partial charge in [0.15, 0.2) is 11.6 Å². The van der Waals surface area contributed by atoms with Crippen LogP contribution in [0, 0.1) is 11.6 Å². The summed E-state index contributed by atoms with van der Waals surface area (Å²) in [5, 5.41) is 2.91. The summed E-state index contributed by atoms with van der Waals surface area (Å²) in [6.07, 6.45) is 9.12. The molecule has 3 aromatic rings. The van der Waals surface area contributed by atoms with E-state index in [-0.39, 0.29) is 29.2 Å². The molecular formula is C22H24F2N4O2S. The molecule has 0 aliphatic carbocycles. The number of pyridine rings is 2. The molecular weight excluding hydrogens is 422 g/mol. The van der Waals surface area contributed by atoms with Crippen LogP contribution in [0.5, 0.6) is 0 Å². The van der Waals surface area contributed by atoms with E-state index in [9.17, 15) is 13.6 Å². The topological polar surface area (TPSA) is 90.1 Å². The number of carbonyl (C=O) groups excluding carboxylic acids is 1. The van der Waals surface area contributed by atoms with Gasteiger partial charge in [0.25, 0.3) is 0 Å². The van der Waals surface area contributed by atoms with Gasteiger partial charge in [-0.1, -0.05) is 0 Å². The molecule has 3 N–H and O–H groups in total. The lowest BCUT2D eigenvalue weighted by molar-refractivity contribution is 0.0601. The van der Waals surface area contributed by atoms with Crippen molar-refractivity contribution in [1.29, 1.82) is 0 Å². The number of nitrogens with one attached hydrogen (secondary N) is 1. The first-order valence-corrected chi connectivity index (χ1v) is 12.2. The van der Waals surface area contributed by atoms with Gasteiger partial charge in [-0.15, -0.1) is 0 Å². The lowest BCUT2D eigenvalue weighted by atomic mass is 10.1. The molecule has 9 heteroatoms. The predicted molar refractivity (Wildman–Crippen MR) is 120 cm³/mol. The molecule has 6 nitrogen and oxygen atoms in total. The van der Waals surface area contributed by atoms with E-state index >= 15 is 0 Å². The minimum Gasteiger partial charge on any atom is -0.465 e. The second kappa shape index (κ2) is 8.89. The second-order valence-electron chi connectivity index (χ2n) is 7.66. The molecule has 31 heavy (non-hydrogen) atoms. The Hall–Kier alpha value is -3.20. The molecule has 0 aliphatic heterocycles. The molecule has 0 radical (unpaired) electrons. The molecule has 2 aromatic heterocycles. The molecule has 0 saturated carbocycles. The standard InChI is InChI=1S/C22H24F2N4O2S/c1-30-22(29)16-10-14(9-13-7-8-26-21(25)20(13)24)27-12-19(16)28-18-6-5-15(11-17(18)23)31(2,3)4/h5-8,10-12,28H,9H2,1-4H3,(H2,25,26). The zero-order chi connectivity index (χ0) is 22.8. The van der Waals surface area contributed by atoms with E-state index in [1.165, 1.54) is 37.7 Å². The predicted octanol–water partition coefficient (Wildman–Crippen LogP) is 4.51. The van der Waals surface area contributed by atoms with Crippen LogP contribution in [0.25, 0.3) is 0 Å². The fraction of sp³-hybridized carbons (Fsp3) is 0.227. The quantitative estimate of drug-likeness (QED) is 0.542. The molecule has 164 valence electrons. The molecule has 0 fully saturated rings. The first-order valence-electron chi connectivity index (χ1n) is 9.31. The minimum atomic E-state index is -1.08. The van der Waals surface area contributed by atoms with Crippen LogP contribution >= 0.6 is 10.0 Å². The van der Waals surface area contributed by atoms with Crippen LogP contribution < -0.4 is 11.1 Å². The number of halogens is 2. The van der Waals surface area contributed by atoms with Crippen LogP contribution in [0.4, 0.5) is 26.0 Å². The van der Waals surface area contributed by atoms with Crippen molar-refractivity contribution in [3.05, 3.63) is 71.2 Å². The molecule has 0 spiro atoms. The van der Waals surface area contributed by atoms with Crippen LogP contribution in [0.15, 0.2) is 47.6 Å². The number of nitrogens with two attached hydrogens (primary N) is 1. The number of nitrogens with zero attached hydrogens (tertiary/aromatic N) is 2. The molecule has 2 heterocycles. The lowest BCUT2D eigenvalue weighted by Crippen LogP contribution is -2.09. The summed E-state index contributed by atoms with van der Waals surface area (Å²) in [4.78, 5) is 21.2. The molecule has 0 saturated heterocycles. The number of benzene rings is 1. The number of rotatable bonds is 6. The van der Waals surface area contributed by atoms with Crippen LogP contribution in [-0.4, -0.2) is 41.8 Å². The van der Waals surface area contributed by atoms with Gasteiger partial charge in [-0.25, -0.2) is 28.6 Å². The van der Waals surface area contributed by atoms with Gasteiger partial charge >= 0.3 is 5.97 Å². The third-order valence-electron chi connectivity index (χ3n) is 4.65. The van der Waals surface area contributed by atoms with Gasteiger partial charge in [0.1, 0.15) is 5.82 Å². The highest BCUT2D eigenvalue weighted by atomic mass is 32.3. The normalized spacial score (nSPS) is 11.8. The van der Waals surface area contributed by atoms with Crippen molar-refractivity contribution >= 4 is 33.2 Å². The first kappa shape index (κ1) is 22.5. The van der Waals surface area contributed by atoms with E-state index in [1.807, 2.05) is 6.07 Å².